The van der Waals surface area contributed by atoms with Crippen LogP contribution in [0.4, 0.5) is 5.82 Å². The van der Waals surface area contributed by atoms with Crippen molar-refractivity contribution in [1.82, 2.24) is 19.5 Å². The first-order valence-corrected chi connectivity index (χ1v) is 13.2. The highest BCUT2D eigenvalue weighted by Crippen LogP contribution is 2.34. The summed E-state index contributed by atoms with van der Waals surface area (Å²) in [5.74, 6) is 0.762. The minimum absolute atomic E-state index is 0.160. The summed E-state index contributed by atoms with van der Waals surface area (Å²) < 4.78 is 29.2. The van der Waals surface area contributed by atoms with Gasteiger partial charge in [-0.2, -0.15) is 5.10 Å². The summed E-state index contributed by atoms with van der Waals surface area (Å²) in [4.78, 5) is 4.61. The van der Waals surface area contributed by atoms with Crippen molar-refractivity contribution in [2.75, 3.05) is 18.4 Å². The largest absolute Gasteiger partial charge is 0.508 e. The molecule has 0 unspecified atom stereocenters. The van der Waals surface area contributed by atoms with Crippen LogP contribution in [0.1, 0.15) is 0 Å². The van der Waals surface area contributed by atoms with Gasteiger partial charge in [0.05, 0.1) is 10.6 Å². The van der Waals surface area contributed by atoms with Crippen LogP contribution in [0.15, 0.2) is 114 Å². The van der Waals surface area contributed by atoms with Gasteiger partial charge in [-0.3, -0.25) is 0 Å². The van der Waals surface area contributed by atoms with E-state index in [0.29, 0.717) is 18.1 Å². The normalized spacial score (nSPS) is 11.4. The van der Waals surface area contributed by atoms with Gasteiger partial charge in [0.15, 0.2) is 0 Å². The number of hydrogen-bond donors (Lipinski definition) is 3. The van der Waals surface area contributed by atoms with E-state index in [9.17, 15) is 13.5 Å². The number of sulfonamides is 1. The van der Waals surface area contributed by atoms with Crippen LogP contribution in [0.2, 0.25) is 0 Å². The summed E-state index contributed by atoms with van der Waals surface area (Å²) in [7, 11) is -3.57. The summed E-state index contributed by atoms with van der Waals surface area (Å²) in [5, 5.41) is 18.0. The zero-order valence-electron chi connectivity index (χ0n) is 19.8. The highest BCUT2D eigenvalue weighted by Gasteiger charge is 2.16. The summed E-state index contributed by atoms with van der Waals surface area (Å²) in [5.41, 5.74) is 4.15. The second-order valence-corrected chi connectivity index (χ2v) is 10.1. The molecule has 0 aliphatic heterocycles. The minimum Gasteiger partial charge on any atom is -0.508 e. The molecule has 2 aromatic heterocycles. The summed E-state index contributed by atoms with van der Waals surface area (Å²) in [6, 6.07) is 28.8. The number of aromatic hydroxyl groups is 1. The monoisotopic (exact) mass is 511 g/mol. The van der Waals surface area contributed by atoms with Crippen molar-refractivity contribution >= 4 is 15.8 Å². The number of hydrogen-bond acceptors (Lipinski definition) is 6. The van der Waals surface area contributed by atoms with Crippen LogP contribution in [-0.4, -0.2) is 41.4 Å². The quantitative estimate of drug-likeness (QED) is 0.248. The number of nitrogens with zero attached hydrogens (tertiary/aromatic N) is 3. The molecular weight excluding hydrogens is 486 g/mol. The van der Waals surface area contributed by atoms with E-state index in [4.69, 9.17) is 5.10 Å². The Morgan fingerprint density at radius 2 is 1.57 bits per heavy atom. The van der Waals surface area contributed by atoms with E-state index < -0.39 is 10.0 Å². The average molecular weight is 512 g/mol. The molecule has 2 heterocycles. The number of para-hydroxylation sites is 1. The molecule has 0 fully saturated rings. The van der Waals surface area contributed by atoms with E-state index >= 15 is 0 Å². The van der Waals surface area contributed by atoms with Crippen LogP contribution in [0, 0.1) is 0 Å². The number of phenols is 1. The zero-order chi connectivity index (χ0) is 25.7. The molecule has 3 aromatic carbocycles. The number of benzene rings is 3. The molecule has 5 rings (SSSR count). The number of aromatic nitrogens is 3. The molecule has 0 aliphatic rings. The second-order valence-electron chi connectivity index (χ2n) is 8.29. The fourth-order valence-corrected chi connectivity index (χ4v) is 4.97. The lowest BCUT2D eigenvalue weighted by molar-refractivity contribution is 0.475. The molecule has 8 nitrogen and oxygen atoms in total. The highest BCUT2D eigenvalue weighted by atomic mass is 32.2. The van der Waals surface area contributed by atoms with E-state index in [-0.39, 0.29) is 17.2 Å². The SMILES string of the molecule is O=S(=O)(NCCNc1cc(-c2cn(-c3ccccc3)nc2-c2cccc(O)c2)ccn1)c1ccccc1. The molecule has 0 atom stereocenters. The van der Waals surface area contributed by atoms with Crippen LogP contribution in [0.3, 0.4) is 0 Å². The van der Waals surface area contributed by atoms with Crippen LogP contribution in [-0.2, 0) is 10.0 Å². The number of phenolic OH excluding ortho intramolecular Hbond substituents is 1. The first-order valence-electron chi connectivity index (χ1n) is 11.7. The van der Waals surface area contributed by atoms with Crippen molar-refractivity contribution in [3.8, 4) is 33.8 Å². The standard InChI is InChI=1S/C28H25N5O3S/c34-24-11-7-8-22(18-24)28-26(20-33(32-28)23-9-3-1-4-10-23)21-14-15-29-27(19-21)30-16-17-31-37(35,36)25-12-5-2-6-13-25/h1-15,18-20,31,34H,16-17H2,(H,29,30). The molecule has 0 amide bonds. The third-order valence-electron chi connectivity index (χ3n) is 5.70. The Kier molecular flexibility index (Phi) is 6.98. The van der Waals surface area contributed by atoms with Crippen molar-refractivity contribution in [3.05, 3.63) is 109 Å². The predicted octanol–water partition coefficient (Wildman–Crippen LogP) is 4.70. The maximum absolute atomic E-state index is 12.4. The lowest BCUT2D eigenvalue weighted by Crippen LogP contribution is -2.29. The number of anilines is 1. The fourth-order valence-electron chi connectivity index (χ4n) is 3.92. The Morgan fingerprint density at radius 1 is 0.811 bits per heavy atom. The van der Waals surface area contributed by atoms with Crippen molar-refractivity contribution in [3.63, 3.8) is 0 Å². The van der Waals surface area contributed by atoms with Crippen LogP contribution >= 0.6 is 0 Å². The minimum atomic E-state index is -3.57. The smallest absolute Gasteiger partial charge is 0.240 e. The van der Waals surface area contributed by atoms with Crippen molar-refractivity contribution in [2.24, 2.45) is 0 Å². The fraction of sp³-hybridized carbons (Fsp3) is 0.0714. The lowest BCUT2D eigenvalue weighted by Gasteiger charge is -2.09. The van der Waals surface area contributed by atoms with Crippen molar-refractivity contribution < 1.29 is 13.5 Å². The zero-order valence-corrected chi connectivity index (χ0v) is 20.6. The first-order chi connectivity index (χ1) is 18.0. The van der Waals surface area contributed by atoms with Gasteiger partial charge in [-0.05, 0) is 54.1 Å². The molecule has 0 radical (unpaired) electrons. The molecule has 0 saturated carbocycles. The number of nitrogens with one attached hydrogen (secondary N) is 2. The van der Waals surface area contributed by atoms with E-state index in [1.807, 2.05) is 54.7 Å². The Balaban J connectivity index is 1.37. The van der Waals surface area contributed by atoms with Gasteiger partial charge in [0.2, 0.25) is 10.0 Å². The topological polar surface area (TPSA) is 109 Å². The lowest BCUT2D eigenvalue weighted by atomic mass is 10.0. The molecule has 0 saturated heterocycles. The predicted molar refractivity (Wildman–Crippen MR) is 144 cm³/mol. The van der Waals surface area contributed by atoms with Gasteiger partial charge in [0.1, 0.15) is 17.3 Å². The van der Waals surface area contributed by atoms with E-state index in [0.717, 1.165) is 22.4 Å². The third-order valence-corrected chi connectivity index (χ3v) is 7.18. The molecule has 0 spiro atoms. The van der Waals surface area contributed by atoms with Crippen molar-refractivity contribution in [2.45, 2.75) is 4.90 Å². The molecule has 0 bridgehead atoms. The van der Waals surface area contributed by atoms with Crippen molar-refractivity contribution in [1.29, 1.82) is 0 Å². The molecule has 0 aliphatic carbocycles. The van der Waals surface area contributed by atoms with Crippen LogP contribution in [0.5, 0.6) is 5.75 Å². The average Bonchev–Trinajstić information content (AvgIpc) is 3.38. The molecule has 5 aromatic rings. The Bertz CT molecular complexity index is 1600. The summed E-state index contributed by atoms with van der Waals surface area (Å²) in [6.07, 6.45) is 3.64. The first kappa shape index (κ1) is 24.2. The van der Waals surface area contributed by atoms with E-state index in [2.05, 4.69) is 15.0 Å². The number of rotatable bonds is 9. The maximum atomic E-state index is 12.4. The number of pyridine rings is 1. The van der Waals surface area contributed by atoms with Gasteiger partial charge in [-0.25, -0.2) is 22.8 Å². The molecule has 186 valence electrons. The van der Waals surface area contributed by atoms with E-state index in [1.165, 1.54) is 0 Å². The van der Waals surface area contributed by atoms with Crippen LogP contribution < -0.4 is 10.0 Å². The van der Waals surface area contributed by atoms with Gasteiger partial charge >= 0.3 is 0 Å². The Labute approximate surface area is 215 Å². The third kappa shape index (κ3) is 5.69. The Morgan fingerprint density at radius 3 is 2.32 bits per heavy atom. The van der Waals surface area contributed by atoms with E-state index in [1.54, 1.807) is 59.4 Å². The van der Waals surface area contributed by atoms with Crippen LogP contribution in [0.25, 0.3) is 28.1 Å². The maximum Gasteiger partial charge on any atom is 0.240 e. The van der Waals surface area contributed by atoms with Gasteiger partial charge in [0, 0.05) is 36.6 Å². The molecule has 9 heteroatoms. The molecule has 37 heavy (non-hydrogen) atoms. The summed E-state index contributed by atoms with van der Waals surface area (Å²) in [6.45, 7) is 0.550. The summed E-state index contributed by atoms with van der Waals surface area (Å²) >= 11 is 0. The van der Waals surface area contributed by atoms with Gasteiger partial charge in [-0.1, -0.05) is 48.5 Å². The molecule has 3 N–H and O–H groups in total. The highest BCUT2D eigenvalue weighted by molar-refractivity contribution is 7.89. The second kappa shape index (κ2) is 10.7. The van der Waals surface area contributed by atoms with Gasteiger partial charge < -0.3 is 10.4 Å². The van der Waals surface area contributed by atoms with Gasteiger partial charge in [0.25, 0.3) is 0 Å². The van der Waals surface area contributed by atoms with Gasteiger partial charge in [-0.15, -0.1) is 0 Å². The molecular formula is C28H25N5O3S. The Hall–Kier alpha value is -4.47.